The fourth-order valence-corrected chi connectivity index (χ4v) is 10.2. The fourth-order valence-electron chi connectivity index (χ4n) is 10.2. The molecule has 1 aliphatic heterocycles. The van der Waals surface area contributed by atoms with Crippen molar-refractivity contribution in [1.82, 2.24) is 0 Å². The van der Waals surface area contributed by atoms with Gasteiger partial charge in [-0.2, -0.15) is 0 Å². The minimum absolute atomic E-state index is 0.574. The maximum atomic E-state index is 7.22. The second kappa shape index (κ2) is 12.4. The van der Waals surface area contributed by atoms with Crippen LogP contribution in [0.4, 0.5) is 0 Å². The fraction of sp³-hybridized carbons (Fsp3) is 0.0741. The third kappa shape index (κ3) is 4.41. The van der Waals surface area contributed by atoms with Crippen LogP contribution < -0.4 is 4.74 Å². The van der Waals surface area contributed by atoms with E-state index in [0.29, 0.717) is 0 Å². The third-order valence-corrected chi connectivity index (χ3v) is 12.4. The summed E-state index contributed by atoms with van der Waals surface area (Å²) in [6.45, 7) is 0. The number of allylic oxidation sites excluding steroid dienone is 1. The monoisotopic (exact) mass is 702 g/mol. The van der Waals surface area contributed by atoms with Gasteiger partial charge in [-0.25, -0.2) is 0 Å². The van der Waals surface area contributed by atoms with Crippen LogP contribution in [0, 0.1) is 0 Å². The molecule has 1 nitrogen and oxygen atoms in total. The number of aryl methyl sites for hydroxylation is 1. The zero-order chi connectivity index (χ0) is 36.4. The van der Waals surface area contributed by atoms with Gasteiger partial charge in [0.15, 0.2) is 0 Å². The van der Waals surface area contributed by atoms with Crippen LogP contribution in [0.2, 0.25) is 0 Å². The van der Waals surface area contributed by atoms with Crippen LogP contribution in [0.1, 0.15) is 62.1 Å². The second-order valence-electron chi connectivity index (χ2n) is 15.0. The van der Waals surface area contributed by atoms with Crippen LogP contribution in [-0.2, 0) is 17.3 Å². The van der Waals surface area contributed by atoms with Gasteiger partial charge in [-0.05, 0) is 80.1 Å². The van der Waals surface area contributed by atoms with E-state index in [0.717, 1.165) is 46.6 Å². The first-order valence-corrected chi connectivity index (χ1v) is 19.4. The second-order valence-corrected chi connectivity index (χ2v) is 15.0. The summed E-state index contributed by atoms with van der Waals surface area (Å²) in [6.07, 6.45) is 6.86. The Morgan fingerprint density at radius 1 is 0.382 bits per heavy atom. The Morgan fingerprint density at radius 3 is 1.60 bits per heavy atom. The molecule has 0 amide bonds. The van der Waals surface area contributed by atoms with Gasteiger partial charge in [0.2, 0.25) is 0 Å². The first-order valence-electron chi connectivity index (χ1n) is 19.4. The summed E-state index contributed by atoms with van der Waals surface area (Å²) in [5.41, 5.74) is 16.4. The largest absolute Gasteiger partial charge is 0.456 e. The number of hydrogen-bond acceptors (Lipinski definition) is 1. The van der Waals surface area contributed by atoms with E-state index in [9.17, 15) is 0 Å². The Hall–Kier alpha value is -6.70. The summed E-state index contributed by atoms with van der Waals surface area (Å²) in [5.74, 6) is 1.77. The molecule has 3 aliphatic rings. The van der Waals surface area contributed by atoms with Crippen molar-refractivity contribution in [2.75, 3.05) is 0 Å². The van der Waals surface area contributed by atoms with E-state index >= 15 is 0 Å². The lowest BCUT2D eigenvalue weighted by Crippen LogP contribution is -2.34. The molecule has 8 aromatic rings. The Balaban J connectivity index is 1.25. The minimum atomic E-state index is -0.604. The van der Waals surface area contributed by atoms with Crippen LogP contribution in [0.5, 0.6) is 11.5 Å². The summed E-state index contributed by atoms with van der Waals surface area (Å²) in [6, 6.07) is 71.5. The highest BCUT2D eigenvalue weighted by molar-refractivity contribution is 5.94. The van der Waals surface area contributed by atoms with Crippen molar-refractivity contribution in [3.05, 3.63) is 256 Å². The van der Waals surface area contributed by atoms with Gasteiger partial charge in [0, 0.05) is 16.7 Å². The Labute approximate surface area is 322 Å². The molecule has 0 radical (unpaired) electrons. The van der Waals surface area contributed by atoms with E-state index in [1.165, 1.54) is 55.6 Å². The van der Waals surface area contributed by atoms with E-state index in [4.69, 9.17) is 4.74 Å². The summed E-state index contributed by atoms with van der Waals surface area (Å²) < 4.78 is 7.22. The number of benzene rings is 8. The van der Waals surface area contributed by atoms with Gasteiger partial charge < -0.3 is 4.74 Å². The van der Waals surface area contributed by atoms with E-state index in [-0.39, 0.29) is 0 Å². The van der Waals surface area contributed by atoms with Crippen LogP contribution in [0.25, 0.3) is 28.3 Å². The van der Waals surface area contributed by atoms with Crippen molar-refractivity contribution in [1.29, 1.82) is 0 Å². The number of fused-ring (bicyclic) bond motifs is 7. The molecule has 11 rings (SSSR count). The van der Waals surface area contributed by atoms with Gasteiger partial charge in [-0.1, -0.05) is 200 Å². The molecule has 0 saturated carbocycles. The lowest BCUT2D eigenvalue weighted by Gasteiger charge is -2.42. The highest BCUT2D eigenvalue weighted by Crippen LogP contribution is 2.62. The van der Waals surface area contributed by atoms with E-state index in [1.54, 1.807) is 0 Å². The Kier molecular flexibility index (Phi) is 7.19. The molecule has 1 atom stereocenters. The van der Waals surface area contributed by atoms with Gasteiger partial charge in [0.25, 0.3) is 0 Å². The van der Waals surface area contributed by atoms with E-state index in [2.05, 4.69) is 206 Å². The first kappa shape index (κ1) is 31.8. The molecule has 0 bridgehead atoms. The molecule has 0 saturated heterocycles. The third-order valence-electron chi connectivity index (χ3n) is 12.4. The Morgan fingerprint density at radius 2 is 0.909 bits per heavy atom. The van der Waals surface area contributed by atoms with Gasteiger partial charge in [-0.15, -0.1) is 0 Å². The molecule has 0 aromatic heterocycles. The van der Waals surface area contributed by atoms with Crippen LogP contribution in [0.3, 0.4) is 0 Å². The normalized spacial score (nSPS) is 16.9. The Bertz CT molecular complexity index is 2740. The molecule has 55 heavy (non-hydrogen) atoms. The zero-order valence-corrected chi connectivity index (χ0v) is 30.5. The number of para-hydroxylation sites is 2. The summed E-state index contributed by atoms with van der Waals surface area (Å²) in [7, 11) is 0. The van der Waals surface area contributed by atoms with Crippen molar-refractivity contribution in [2.24, 2.45) is 0 Å². The highest BCUT2D eigenvalue weighted by Gasteiger charge is 2.50. The maximum Gasteiger partial charge on any atom is 0.140 e. The van der Waals surface area contributed by atoms with Crippen molar-refractivity contribution in [3.8, 4) is 33.8 Å². The smallest absolute Gasteiger partial charge is 0.140 e. The van der Waals surface area contributed by atoms with Gasteiger partial charge in [0.1, 0.15) is 11.5 Å². The standard InChI is InChI=1S/C54H38O/c1-4-20-38(21-5-1)53(39-22-6-2-7-23-39)47-32-16-17-34-50(47)55-52-43(29-18-33-49(52)53)42-27-12-14-30-45(42)54(40-24-8-3-9-25-40)46-31-15-13-28-44(46)51-41-26-11-10-19-37(41)35-36-48(51)54/h1-9,11-18,20-36H,10,19H2. The summed E-state index contributed by atoms with van der Waals surface area (Å²) >= 11 is 0. The first-order chi connectivity index (χ1) is 27.3. The van der Waals surface area contributed by atoms with E-state index < -0.39 is 10.8 Å². The molecule has 0 fully saturated rings. The predicted molar refractivity (Wildman–Crippen MR) is 225 cm³/mol. The van der Waals surface area contributed by atoms with Crippen molar-refractivity contribution in [3.63, 3.8) is 0 Å². The average Bonchev–Trinajstić information content (AvgIpc) is 3.58. The van der Waals surface area contributed by atoms with Gasteiger partial charge in [-0.3, -0.25) is 0 Å². The maximum absolute atomic E-state index is 7.22. The molecule has 0 N–H and O–H groups in total. The molecule has 1 heteroatoms. The van der Waals surface area contributed by atoms with Gasteiger partial charge >= 0.3 is 0 Å². The molecule has 260 valence electrons. The zero-order valence-electron chi connectivity index (χ0n) is 30.5. The van der Waals surface area contributed by atoms with Crippen molar-refractivity contribution >= 4 is 6.08 Å². The SMILES string of the molecule is C1=Cc2c(ccc3c2-c2ccccc2C3(c2ccccc2)c2ccccc2-c2cccc3c2Oc2ccccc2C3(c2ccccc2)c2ccccc2)CC1. The molecule has 1 unspecified atom stereocenters. The number of hydrogen-bond donors (Lipinski definition) is 0. The van der Waals surface area contributed by atoms with E-state index in [1.807, 2.05) is 0 Å². The lowest BCUT2D eigenvalue weighted by molar-refractivity contribution is 0.436. The number of ether oxygens (including phenoxy) is 1. The summed E-state index contributed by atoms with van der Waals surface area (Å²) in [4.78, 5) is 0. The molecular formula is C54H38O. The predicted octanol–water partition coefficient (Wildman–Crippen LogP) is 13.2. The van der Waals surface area contributed by atoms with Gasteiger partial charge in [0.05, 0.1) is 10.8 Å². The molecule has 1 heterocycles. The summed E-state index contributed by atoms with van der Waals surface area (Å²) in [5, 5.41) is 0. The lowest BCUT2D eigenvalue weighted by atomic mass is 9.62. The quantitative estimate of drug-likeness (QED) is 0.173. The molecular weight excluding hydrogens is 665 g/mol. The molecule has 0 spiro atoms. The van der Waals surface area contributed by atoms with Crippen LogP contribution in [-0.4, -0.2) is 0 Å². The molecule has 2 aliphatic carbocycles. The van der Waals surface area contributed by atoms with Crippen molar-refractivity contribution in [2.45, 2.75) is 23.7 Å². The minimum Gasteiger partial charge on any atom is -0.456 e. The number of rotatable bonds is 5. The molecule has 8 aromatic carbocycles. The highest BCUT2D eigenvalue weighted by atomic mass is 16.5. The van der Waals surface area contributed by atoms with Crippen LogP contribution in [0.15, 0.2) is 200 Å². The topological polar surface area (TPSA) is 9.23 Å². The van der Waals surface area contributed by atoms with Crippen molar-refractivity contribution < 1.29 is 4.74 Å². The average molecular weight is 703 g/mol. The van der Waals surface area contributed by atoms with Crippen LogP contribution >= 0.6 is 0 Å².